The third-order valence-corrected chi connectivity index (χ3v) is 6.13. The van der Waals surface area contributed by atoms with Gasteiger partial charge >= 0.3 is 23.9 Å². The fourth-order valence-corrected chi connectivity index (χ4v) is 3.59. The second-order valence-corrected chi connectivity index (χ2v) is 8.91. The van der Waals surface area contributed by atoms with Gasteiger partial charge in [-0.2, -0.15) is 0 Å². The number of carboxylic acids is 3. The third kappa shape index (κ3) is 15.9. The van der Waals surface area contributed by atoms with E-state index in [1.807, 2.05) is 35.2 Å². The summed E-state index contributed by atoms with van der Waals surface area (Å²) < 4.78 is 5.78. The van der Waals surface area contributed by atoms with Crippen molar-refractivity contribution in [3.63, 3.8) is 0 Å². The van der Waals surface area contributed by atoms with Crippen molar-refractivity contribution < 1.29 is 44.3 Å². The molecule has 0 bridgehead atoms. The van der Waals surface area contributed by atoms with E-state index < -0.39 is 36.4 Å². The minimum absolute atomic E-state index is 0.00836. The predicted octanol–water partition coefficient (Wildman–Crippen LogP) is 1.51. The van der Waals surface area contributed by atoms with Gasteiger partial charge < -0.3 is 45.2 Å². The van der Waals surface area contributed by atoms with Gasteiger partial charge in [-0.3, -0.25) is 9.59 Å². The first kappa shape index (κ1) is 36.6. The van der Waals surface area contributed by atoms with E-state index in [-0.39, 0.29) is 6.03 Å². The number of carbonyl (C=O) groups excluding carboxylic acids is 1. The summed E-state index contributed by atoms with van der Waals surface area (Å²) in [4.78, 5) is 49.6. The van der Waals surface area contributed by atoms with Crippen LogP contribution in [0.15, 0.2) is 30.3 Å². The number of carboxylic acid groups (broad SMARTS) is 3. The first-order chi connectivity index (χ1) is 18.9. The molecule has 228 valence electrons. The second kappa shape index (κ2) is 20.5. The molecule has 1 aromatic rings. The van der Waals surface area contributed by atoms with Gasteiger partial charge in [-0.1, -0.05) is 45.9 Å². The Kier molecular flexibility index (Phi) is 18.7. The normalized spacial score (nSPS) is 11.0. The van der Waals surface area contributed by atoms with Crippen LogP contribution in [0.25, 0.3) is 0 Å². The number of hydrogen-bond acceptors (Lipinski definition) is 8. The number of aliphatic carboxylic acids is 3. The lowest BCUT2D eigenvalue weighted by Gasteiger charge is -2.27. The molecule has 5 N–H and O–H groups in total. The summed E-state index contributed by atoms with van der Waals surface area (Å²) >= 11 is 0. The Morgan fingerprint density at radius 1 is 0.775 bits per heavy atom. The van der Waals surface area contributed by atoms with Crippen molar-refractivity contribution in [2.45, 2.75) is 46.1 Å². The van der Waals surface area contributed by atoms with Crippen molar-refractivity contribution in [2.75, 3.05) is 65.5 Å². The highest BCUT2D eigenvalue weighted by Gasteiger charge is 2.40. The third-order valence-electron chi connectivity index (χ3n) is 6.13. The van der Waals surface area contributed by atoms with Gasteiger partial charge in [0.25, 0.3) is 0 Å². The first-order valence-corrected chi connectivity index (χ1v) is 13.5. The van der Waals surface area contributed by atoms with Crippen LogP contribution < -0.4 is 10.1 Å². The highest BCUT2D eigenvalue weighted by atomic mass is 16.5. The summed E-state index contributed by atoms with van der Waals surface area (Å²) in [5.74, 6) is -4.18. The summed E-state index contributed by atoms with van der Waals surface area (Å²) in [6, 6.07) is 9.73. The Morgan fingerprint density at radius 3 is 1.73 bits per heavy atom. The number of amides is 2. The van der Waals surface area contributed by atoms with Crippen molar-refractivity contribution in [1.29, 1.82) is 0 Å². The molecule has 0 aromatic heterocycles. The molecule has 0 spiro atoms. The highest BCUT2D eigenvalue weighted by molar-refractivity contribution is 5.88. The van der Waals surface area contributed by atoms with Crippen LogP contribution in [0.2, 0.25) is 0 Å². The van der Waals surface area contributed by atoms with Gasteiger partial charge in [0.05, 0.1) is 19.4 Å². The molecule has 0 radical (unpaired) electrons. The molecule has 13 nitrogen and oxygen atoms in total. The number of para-hydroxylation sites is 1. The molecule has 1 aromatic carbocycles. The number of rotatable bonds is 19. The van der Waals surface area contributed by atoms with Gasteiger partial charge in [0.1, 0.15) is 12.4 Å². The van der Waals surface area contributed by atoms with Crippen molar-refractivity contribution >= 4 is 23.9 Å². The first-order valence-electron chi connectivity index (χ1n) is 13.5. The summed E-state index contributed by atoms with van der Waals surface area (Å²) in [6.45, 7) is 16.8. The topological polar surface area (TPSA) is 180 Å². The van der Waals surface area contributed by atoms with Crippen molar-refractivity contribution in [3.05, 3.63) is 30.3 Å². The molecule has 0 saturated heterocycles. The summed E-state index contributed by atoms with van der Waals surface area (Å²) in [7, 11) is 0. The molecule has 0 saturated carbocycles. The minimum Gasteiger partial charge on any atom is -0.492 e. The van der Waals surface area contributed by atoms with Crippen molar-refractivity contribution in [3.8, 4) is 5.75 Å². The molecule has 2 amide bonds. The fraction of sp³-hybridized carbons (Fsp3) is 0.630. The predicted molar refractivity (Wildman–Crippen MR) is 150 cm³/mol. The van der Waals surface area contributed by atoms with Crippen LogP contribution in [0.3, 0.4) is 0 Å². The van der Waals surface area contributed by atoms with Gasteiger partial charge in [0, 0.05) is 26.2 Å². The van der Waals surface area contributed by atoms with Crippen molar-refractivity contribution in [1.82, 2.24) is 20.0 Å². The van der Waals surface area contributed by atoms with E-state index in [2.05, 4.69) is 42.8 Å². The molecule has 13 heteroatoms. The number of urea groups is 1. The lowest BCUT2D eigenvalue weighted by Crippen LogP contribution is -2.47. The molecular formula is C27H46N4O9. The van der Waals surface area contributed by atoms with E-state index in [1.165, 1.54) is 0 Å². The molecule has 0 atom stereocenters. The van der Waals surface area contributed by atoms with Gasteiger partial charge in [-0.15, -0.1) is 0 Å². The number of aliphatic hydroxyl groups is 1. The highest BCUT2D eigenvalue weighted by Crippen LogP contribution is 2.15. The Bertz CT molecular complexity index is 862. The molecule has 0 aliphatic carbocycles. The summed E-state index contributed by atoms with van der Waals surface area (Å²) in [5.41, 5.74) is -2.74. The maximum Gasteiger partial charge on any atom is 0.336 e. The number of benzene rings is 1. The lowest BCUT2D eigenvalue weighted by molar-refractivity contribution is -0.170. The van der Waals surface area contributed by atoms with Crippen LogP contribution >= 0.6 is 0 Å². The number of hydrogen-bond donors (Lipinski definition) is 5. The van der Waals surface area contributed by atoms with Gasteiger partial charge in [0.15, 0.2) is 5.60 Å². The van der Waals surface area contributed by atoms with Crippen molar-refractivity contribution in [2.24, 2.45) is 0 Å². The fourth-order valence-electron chi connectivity index (χ4n) is 3.59. The number of nitrogens with one attached hydrogen (secondary N) is 1. The molecule has 0 aliphatic rings. The molecule has 0 unspecified atom stereocenters. The van der Waals surface area contributed by atoms with Gasteiger partial charge in [0.2, 0.25) is 0 Å². The van der Waals surface area contributed by atoms with Gasteiger partial charge in [-0.25, -0.2) is 9.59 Å². The molecule has 40 heavy (non-hydrogen) atoms. The average molecular weight is 571 g/mol. The van der Waals surface area contributed by atoms with Crippen LogP contribution in [0.5, 0.6) is 5.75 Å². The maximum absolute atomic E-state index is 12.7. The van der Waals surface area contributed by atoms with E-state index in [9.17, 15) is 19.2 Å². The Hall–Kier alpha value is -3.42. The monoisotopic (exact) mass is 570 g/mol. The smallest absolute Gasteiger partial charge is 0.336 e. The standard InChI is InChI=1S/C21H38N4O2.C6H8O7/c1-5-23(6-2)15-14-22-21(26)25(17-16-24(7-3)8-4)18-19-27-20-12-10-9-11-13-20;7-3(8)1-6(13,5(11)12)2-4(9)10/h9-13H,5-8,14-19H2,1-4H3,(H,22,26);13H,1-2H2,(H,7,8)(H,9,10)(H,11,12). The Balaban J connectivity index is 0.000000983. The van der Waals surface area contributed by atoms with E-state index >= 15 is 0 Å². The van der Waals surface area contributed by atoms with Crippen LogP contribution in [-0.2, 0) is 14.4 Å². The minimum atomic E-state index is -2.74. The number of carbonyl (C=O) groups is 4. The SMILES string of the molecule is CCN(CC)CCNC(=O)N(CCOc1ccccc1)CCN(CC)CC.O=C(O)CC(O)(CC(=O)O)C(=O)O. The maximum atomic E-state index is 12.7. The summed E-state index contributed by atoms with van der Waals surface area (Å²) in [6.07, 6.45) is -2.29. The van der Waals surface area contributed by atoms with Crippen LogP contribution in [0, 0.1) is 0 Å². The molecule has 1 rings (SSSR count). The second-order valence-electron chi connectivity index (χ2n) is 8.91. The molecule has 0 fully saturated rings. The average Bonchev–Trinajstić information content (AvgIpc) is 2.90. The molecular weight excluding hydrogens is 524 g/mol. The zero-order chi connectivity index (χ0) is 30.6. The lowest BCUT2D eigenvalue weighted by atomic mass is 9.96. The van der Waals surface area contributed by atoms with Crippen LogP contribution in [0.1, 0.15) is 40.5 Å². The van der Waals surface area contributed by atoms with Crippen LogP contribution in [-0.4, -0.2) is 130 Å². The van der Waals surface area contributed by atoms with E-state index in [0.29, 0.717) is 26.2 Å². The van der Waals surface area contributed by atoms with E-state index in [4.69, 9.17) is 25.2 Å². The zero-order valence-electron chi connectivity index (χ0n) is 24.0. The zero-order valence-corrected chi connectivity index (χ0v) is 24.0. The Labute approximate surface area is 236 Å². The number of nitrogens with zero attached hydrogens (tertiary/aromatic N) is 3. The van der Waals surface area contributed by atoms with Crippen LogP contribution in [0.4, 0.5) is 4.79 Å². The molecule has 0 heterocycles. The quantitative estimate of drug-likeness (QED) is 0.163. The Morgan fingerprint density at radius 2 is 1.27 bits per heavy atom. The number of ether oxygens (including phenoxy) is 1. The van der Waals surface area contributed by atoms with Gasteiger partial charge in [-0.05, 0) is 38.3 Å². The largest absolute Gasteiger partial charge is 0.492 e. The van der Waals surface area contributed by atoms with E-state index in [0.717, 1.165) is 45.0 Å². The summed E-state index contributed by atoms with van der Waals surface area (Å²) in [5, 5.41) is 36.9. The molecule has 0 aliphatic heterocycles. The van der Waals surface area contributed by atoms with E-state index in [1.54, 1.807) is 0 Å². The number of likely N-dealkylation sites (N-methyl/N-ethyl adjacent to an activating group) is 2.